The molecule has 3 aromatic rings. The van der Waals surface area contributed by atoms with Crippen LogP contribution >= 0.6 is 11.6 Å². The van der Waals surface area contributed by atoms with E-state index in [4.69, 9.17) is 22.6 Å². The van der Waals surface area contributed by atoms with E-state index in [1.807, 2.05) is 42.6 Å². The quantitative estimate of drug-likeness (QED) is 0.727. The van der Waals surface area contributed by atoms with Crippen molar-refractivity contribution in [3.8, 4) is 6.07 Å². The highest BCUT2D eigenvalue weighted by Gasteiger charge is 2.04. The summed E-state index contributed by atoms with van der Waals surface area (Å²) in [7, 11) is 0. The molecular weight excluding hydrogens is 270 g/mol. The minimum Gasteiger partial charge on any atom is -0.398 e. The number of nitrogens with two attached hydrogens (primary N) is 1. The molecule has 0 unspecified atom stereocenters. The highest BCUT2D eigenvalue weighted by Crippen LogP contribution is 2.22. The zero-order valence-corrected chi connectivity index (χ0v) is 11.4. The Labute approximate surface area is 121 Å². The molecular formula is C16H12ClN3. The van der Waals surface area contributed by atoms with E-state index in [1.165, 1.54) is 0 Å². The van der Waals surface area contributed by atoms with Crippen molar-refractivity contribution in [2.45, 2.75) is 6.54 Å². The number of hydrogen-bond donors (Lipinski definition) is 1. The molecule has 1 aromatic heterocycles. The standard InChI is InChI=1S/C16H12ClN3/c17-14-4-2-12(7-15(14)19)10-20-6-5-13-3-1-11(9-18)8-16(13)20/h1-8H,10,19H2. The van der Waals surface area contributed by atoms with Gasteiger partial charge in [0.15, 0.2) is 0 Å². The third-order valence-electron chi connectivity index (χ3n) is 3.32. The molecule has 0 fully saturated rings. The number of nitriles is 1. The summed E-state index contributed by atoms with van der Waals surface area (Å²) in [6, 6.07) is 15.5. The first-order valence-corrected chi connectivity index (χ1v) is 6.58. The number of halogens is 1. The molecule has 0 atom stereocenters. The minimum absolute atomic E-state index is 0.567. The number of hydrogen-bond acceptors (Lipinski definition) is 2. The molecule has 0 radical (unpaired) electrons. The first-order chi connectivity index (χ1) is 9.67. The molecule has 0 aliphatic heterocycles. The van der Waals surface area contributed by atoms with Gasteiger partial charge in [-0.15, -0.1) is 0 Å². The molecule has 0 aliphatic carbocycles. The molecule has 2 aromatic carbocycles. The number of aromatic nitrogens is 1. The summed E-state index contributed by atoms with van der Waals surface area (Å²) in [5.41, 5.74) is 9.18. The molecule has 1 heterocycles. The highest BCUT2D eigenvalue weighted by molar-refractivity contribution is 6.33. The van der Waals surface area contributed by atoms with Crippen molar-refractivity contribution in [2.75, 3.05) is 5.73 Å². The first-order valence-electron chi connectivity index (χ1n) is 6.20. The topological polar surface area (TPSA) is 54.7 Å². The predicted molar refractivity (Wildman–Crippen MR) is 81.6 cm³/mol. The average molecular weight is 282 g/mol. The molecule has 2 N–H and O–H groups in total. The zero-order valence-electron chi connectivity index (χ0n) is 10.7. The summed E-state index contributed by atoms with van der Waals surface area (Å²) in [5, 5.41) is 10.7. The summed E-state index contributed by atoms with van der Waals surface area (Å²) < 4.78 is 2.10. The van der Waals surface area contributed by atoms with Crippen molar-refractivity contribution < 1.29 is 0 Å². The highest BCUT2D eigenvalue weighted by atomic mass is 35.5. The summed E-state index contributed by atoms with van der Waals surface area (Å²) in [6.07, 6.45) is 2.01. The van der Waals surface area contributed by atoms with Crippen LogP contribution in [0.1, 0.15) is 11.1 Å². The zero-order chi connectivity index (χ0) is 14.1. The fourth-order valence-electron chi connectivity index (χ4n) is 2.28. The number of benzene rings is 2. The van der Waals surface area contributed by atoms with Gasteiger partial charge in [-0.25, -0.2) is 0 Å². The molecule has 0 aliphatic rings. The van der Waals surface area contributed by atoms with Crippen LogP contribution in [0, 0.1) is 11.3 Å². The first kappa shape index (κ1) is 12.6. The second-order valence-electron chi connectivity index (χ2n) is 4.68. The number of nitrogen functional groups attached to an aromatic ring is 1. The van der Waals surface area contributed by atoms with Crippen LogP contribution < -0.4 is 5.73 Å². The van der Waals surface area contributed by atoms with E-state index in [0.717, 1.165) is 16.5 Å². The van der Waals surface area contributed by atoms with Crippen LogP contribution in [-0.4, -0.2) is 4.57 Å². The molecule has 3 nitrogen and oxygen atoms in total. The van der Waals surface area contributed by atoms with Crippen molar-refractivity contribution in [3.63, 3.8) is 0 Å². The third-order valence-corrected chi connectivity index (χ3v) is 3.66. The van der Waals surface area contributed by atoms with Gasteiger partial charge in [-0.3, -0.25) is 0 Å². The van der Waals surface area contributed by atoms with Crippen LogP contribution in [0.3, 0.4) is 0 Å². The van der Waals surface area contributed by atoms with Crippen molar-refractivity contribution in [1.29, 1.82) is 5.26 Å². The molecule has 0 bridgehead atoms. The molecule has 3 rings (SSSR count). The lowest BCUT2D eigenvalue weighted by atomic mass is 10.1. The summed E-state index contributed by atoms with van der Waals surface area (Å²) in [4.78, 5) is 0. The van der Waals surface area contributed by atoms with Crippen LogP contribution in [0.2, 0.25) is 5.02 Å². The van der Waals surface area contributed by atoms with E-state index < -0.39 is 0 Å². The monoisotopic (exact) mass is 281 g/mol. The average Bonchev–Trinajstić information content (AvgIpc) is 2.85. The Kier molecular flexibility index (Phi) is 3.09. The lowest BCUT2D eigenvalue weighted by Gasteiger charge is -2.07. The van der Waals surface area contributed by atoms with Gasteiger partial charge >= 0.3 is 0 Å². The molecule has 0 saturated carbocycles. The largest absolute Gasteiger partial charge is 0.398 e. The Hall–Kier alpha value is -2.44. The molecule has 0 amide bonds. The van der Waals surface area contributed by atoms with Gasteiger partial charge in [0.05, 0.1) is 22.3 Å². The Morgan fingerprint density at radius 2 is 2.00 bits per heavy atom. The van der Waals surface area contributed by atoms with E-state index in [2.05, 4.69) is 10.6 Å². The van der Waals surface area contributed by atoms with Gasteiger partial charge in [-0.1, -0.05) is 23.7 Å². The summed E-state index contributed by atoms with van der Waals surface area (Å²) in [6.45, 7) is 0.694. The molecule has 0 spiro atoms. The molecule has 98 valence electrons. The number of rotatable bonds is 2. The number of fused-ring (bicyclic) bond motifs is 1. The van der Waals surface area contributed by atoms with Gasteiger partial charge in [0.1, 0.15) is 0 Å². The lowest BCUT2D eigenvalue weighted by molar-refractivity contribution is 0.837. The Balaban J connectivity index is 2.02. The van der Waals surface area contributed by atoms with Crippen molar-refractivity contribution >= 4 is 28.2 Å². The number of anilines is 1. The Morgan fingerprint density at radius 1 is 1.15 bits per heavy atom. The van der Waals surface area contributed by atoms with Crippen LogP contribution in [0.5, 0.6) is 0 Å². The van der Waals surface area contributed by atoms with Gasteiger partial charge in [-0.05, 0) is 41.3 Å². The normalized spacial score (nSPS) is 10.6. The third kappa shape index (κ3) is 2.22. The second kappa shape index (κ2) is 4.92. The van der Waals surface area contributed by atoms with E-state index in [0.29, 0.717) is 22.8 Å². The van der Waals surface area contributed by atoms with E-state index >= 15 is 0 Å². The Bertz CT molecular complexity index is 827. The van der Waals surface area contributed by atoms with Gasteiger partial charge in [0.25, 0.3) is 0 Å². The van der Waals surface area contributed by atoms with Gasteiger partial charge in [0.2, 0.25) is 0 Å². The maximum Gasteiger partial charge on any atom is 0.0992 e. The minimum atomic E-state index is 0.567. The summed E-state index contributed by atoms with van der Waals surface area (Å²) in [5.74, 6) is 0. The van der Waals surface area contributed by atoms with Crippen LogP contribution in [0.4, 0.5) is 5.69 Å². The molecule has 4 heteroatoms. The fraction of sp³-hybridized carbons (Fsp3) is 0.0625. The maximum absolute atomic E-state index is 8.99. The lowest BCUT2D eigenvalue weighted by Crippen LogP contribution is -1.99. The Morgan fingerprint density at radius 3 is 2.75 bits per heavy atom. The van der Waals surface area contributed by atoms with Crippen LogP contribution in [0.25, 0.3) is 10.9 Å². The van der Waals surface area contributed by atoms with Gasteiger partial charge in [0, 0.05) is 18.3 Å². The van der Waals surface area contributed by atoms with Crippen molar-refractivity contribution in [3.05, 3.63) is 64.8 Å². The molecule has 0 saturated heterocycles. The van der Waals surface area contributed by atoms with E-state index in [-0.39, 0.29) is 0 Å². The van der Waals surface area contributed by atoms with Crippen LogP contribution in [0.15, 0.2) is 48.7 Å². The smallest absolute Gasteiger partial charge is 0.0992 e. The summed E-state index contributed by atoms with van der Waals surface area (Å²) >= 11 is 5.93. The van der Waals surface area contributed by atoms with Crippen molar-refractivity contribution in [1.82, 2.24) is 4.57 Å². The van der Waals surface area contributed by atoms with Gasteiger partial charge < -0.3 is 10.3 Å². The van der Waals surface area contributed by atoms with Crippen LogP contribution in [-0.2, 0) is 6.54 Å². The number of nitrogens with zero attached hydrogens (tertiary/aromatic N) is 2. The van der Waals surface area contributed by atoms with Crippen molar-refractivity contribution in [2.24, 2.45) is 0 Å². The van der Waals surface area contributed by atoms with E-state index in [1.54, 1.807) is 6.07 Å². The van der Waals surface area contributed by atoms with Gasteiger partial charge in [-0.2, -0.15) is 5.26 Å². The SMILES string of the molecule is N#Cc1ccc2ccn(Cc3ccc(Cl)c(N)c3)c2c1. The van der Waals surface area contributed by atoms with E-state index in [9.17, 15) is 0 Å². The predicted octanol–water partition coefficient (Wildman–Crippen LogP) is 3.80. The second-order valence-corrected chi connectivity index (χ2v) is 5.09. The molecule has 20 heavy (non-hydrogen) atoms. The fourth-order valence-corrected chi connectivity index (χ4v) is 2.40. The maximum atomic E-state index is 8.99.